The highest BCUT2D eigenvalue weighted by molar-refractivity contribution is 9.10. The minimum atomic E-state index is -0.452. The summed E-state index contributed by atoms with van der Waals surface area (Å²) in [4.78, 5) is 24.1. The van der Waals surface area contributed by atoms with Gasteiger partial charge < -0.3 is 10.2 Å². The fourth-order valence-electron chi connectivity index (χ4n) is 1.98. The van der Waals surface area contributed by atoms with Crippen LogP contribution in [-0.4, -0.2) is 41.9 Å². The summed E-state index contributed by atoms with van der Waals surface area (Å²) in [5.41, 5.74) is 0.791. The van der Waals surface area contributed by atoms with Crippen molar-refractivity contribution in [3.63, 3.8) is 0 Å². The minimum Gasteiger partial charge on any atom is -0.340 e. The lowest BCUT2D eigenvalue weighted by atomic mass is 10.1. The molecule has 0 atom stereocenters. The lowest BCUT2D eigenvalue weighted by Gasteiger charge is -2.27. The van der Waals surface area contributed by atoms with E-state index < -0.39 is 4.92 Å². The predicted octanol–water partition coefficient (Wildman–Crippen LogP) is 1.33. The molecule has 1 heterocycles. The number of amides is 1. The third-order valence-corrected chi connectivity index (χ3v) is 3.80. The molecule has 0 bridgehead atoms. The fourth-order valence-corrected chi connectivity index (χ4v) is 2.49. The number of hydrogen-bond acceptors (Lipinski definition) is 4. The van der Waals surface area contributed by atoms with Crippen LogP contribution >= 0.6 is 15.9 Å². The van der Waals surface area contributed by atoms with Gasteiger partial charge >= 0.3 is 0 Å². The first-order valence-electron chi connectivity index (χ1n) is 5.99. The fraction of sp³-hybridized carbons (Fsp3) is 0.417. The molecule has 0 radical (unpaired) electrons. The standard InChI is InChI=1S/C12H14BrN3O3/c13-11-8-10(16(18)19)2-1-9(11)7-12(17)15-5-3-14-4-6-15/h1-2,8,14H,3-7H2. The molecule has 0 aliphatic carbocycles. The molecule has 1 amide bonds. The van der Waals surface area contributed by atoms with Crippen molar-refractivity contribution in [1.29, 1.82) is 0 Å². The van der Waals surface area contributed by atoms with Gasteiger partial charge in [0.15, 0.2) is 0 Å². The number of carbonyl (C=O) groups is 1. The summed E-state index contributed by atoms with van der Waals surface area (Å²) in [7, 11) is 0. The van der Waals surface area contributed by atoms with E-state index in [0.29, 0.717) is 17.6 Å². The van der Waals surface area contributed by atoms with E-state index >= 15 is 0 Å². The maximum absolute atomic E-state index is 12.1. The highest BCUT2D eigenvalue weighted by atomic mass is 79.9. The number of piperazine rings is 1. The highest BCUT2D eigenvalue weighted by Gasteiger charge is 2.18. The summed E-state index contributed by atoms with van der Waals surface area (Å²) >= 11 is 3.28. The Labute approximate surface area is 119 Å². The van der Waals surface area contributed by atoms with E-state index in [9.17, 15) is 14.9 Å². The van der Waals surface area contributed by atoms with Crippen LogP contribution in [0.3, 0.4) is 0 Å². The van der Waals surface area contributed by atoms with Crippen LogP contribution in [0.2, 0.25) is 0 Å². The molecule has 19 heavy (non-hydrogen) atoms. The van der Waals surface area contributed by atoms with E-state index in [0.717, 1.165) is 18.7 Å². The molecule has 0 unspecified atom stereocenters. The number of nitro benzene ring substituents is 1. The summed E-state index contributed by atoms with van der Waals surface area (Å²) in [6.07, 6.45) is 0.262. The van der Waals surface area contributed by atoms with E-state index in [2.05, 4.69) is 21.2 Å². The summed E-state index contributed by atoms with van der Waals surface area (Å²) in [6, 6.07) is 4.48. The third kappa shape index (κ3) is 3.51. The first kappa shape index (κ1) is 14.0. The van der Waals surface area contributed by atoms with E-state index in [1.807, 2.05) is 4.90 Å². The van der Waals surface area contributed by atoms with Gasteiger partial charge in [0.05, 0.1) is 11.3 Å². The lowest BCUT2D eigenvalue weighted by molar-refractivity contribution is -0.384. The summed E-state index contributed by atoms with van der Waals surface area (Å²) in [5.74, 6) is 0.0519. The number of non-ortho nitro benzene ring substituents is 1. The average Bonchev–Trinajstić information content (AvgIpc) is 2.41. The number of hydrogen-bond donors (Lipinski definition) is 1. The Kier molecular flexibility index (Phi) is 4.49. The van der Waals surface area contributed by atoms with E-state index in [4.69, 9.17) is 0 Å². The second-order valence-corrected chi connectivity index (χ2v) is 5.19. The Morgan fingerprint density at radius 2 is 2.11 bits per heavy atom. The van der Waals surface area contributed by atoms with E-state index in [1.54, 1.807) is 6.07 Å². The van der Waals surface area contributed by atoms with Gasteiger partial charge in [-0.1, -0.05) is 22.0 Å². The van der Waals surface area contributed by atoms with Crippen LogP contribution in [0.25, 0.3) is 0 Å². The van der Waals surface area contributed by atoms with Crippen LogP contribution in [0.5, 0.6) is 0 Å². The second-order valence-electron chi connectivity index (χ2n) is 4.34. The Hall–Kier alpha value is -1.47. The van der Waals surface area contributed by atoms with Gasteiger partial charge in [-0.15, -0.1) is 0 Å². The van der Waals surface area contributed by atoms with E-state index in [1.165, 1.54) is 12.1 Å². The number of nitrogens with one attached hydrogen (secondary N) is 1. The zero-order chi connectivity index (χ0) is 13.8. The second kappa shape index (κ2) is 6.12. The molecule has 1 aromatic carbocycles. The molecule has 1 saturated heterocycles. The van der Waals surface area contributed by atoms with Gasteiger partial charge in [-0.25, -0.2) is 0 Å². The Bertz CT molecular complexity index is 501. The molecule has 1 aliphatic heterocycles. The van der Waals surface area contributed by atoms with Crippen LogP contribution in [-0.2, 0) is 11.2 Å². The van der Waals surface area contributed by atoms with Gasteiger partial charge in [0, 0.05) is 42.8 Å². The molecule has 6 nitrogen and oxygen atoms in total. The van der Waals surface area contributed by atoms with Crippen LogP contribution in [0.4, 0.5) is 5.69 Å². The minimum absolute atomic E-state index is 0.0187. The number of rotatable bonds is 3. The van der Waals surface area contributed by atoms with Gasteiger partial charge in [-0.3, -0.25) is 14.9 Å². The Morgan fingerprint density at radius 1 is 1.42 bits per heavy atom. The Balaban J connectivity index is 2.06. The molecule has 0 saturated carbocycles. The zero-order valence-corrected chi connectivity index (χ0v) is 11.9. The molecule has 1 fully saturated rings. The molecule has 1 aromatic rings. The van der Waals surface area contributed by atoms with Gasteiger partial charge in [0.1, 0.15) is 0 Å². The molecular weight excluding hydrogens is 314 g/mol. The number of nitro groups is 1. The van der Waals surface area contributed by atoms with Gasteiger partial charge in [0.25, 0.3) is 5.69 Å². The monoisotopic (exact) mass is 327 g/mol. The molecule has 102 valence electrons. The first-order valence-corrected chi connectivity index (χ1v) is 6.78. The van der Waals surface area contributed by atoms with Gasteiger partial charge in [-0.2, -0.15) is 0 Å². The van der Waals surface area contributed by atoms with Crippen molar-refractivity contribution in [2.45, 2.75) is 6.42 Å². The third-order valence-electron chi connectivity index (χ3n) is 3.06. The summed E-state index contributed by atoms with van der Waals surface area (Å²) in [5, 5.41) is 13.8. The van der Waals surface area contributed by atoms with Crippen LogP contribution in [0, 0.1) is 10.1 Å². The summed E-state index contributed by atoms with van der Waals surface area (Å²) in [6.45, 7) is 3.05. The molecule has 7 heteroatoms. The normalized spacial score (nSPS) is 15.3. The molecule has 1 aliphatic rings. The van der Waals surface area contributed by atoms with Crippen LogP contribution in [0.1, 0.15) is 5.56 Å². The van der Waals surface area contributed by atoms with Crippen molar-refractivity contribution in [3.8, 4) is 0 Å². The predicted molar refractivity (Wildman–Crippen MR) is 74.0 cm³/mol. The van der Waals surface area contributed by atoms with Crippen molar-refractivity contribution >= 4 is 27.5 Å². The maximum Gasteiger partial charge on any atom is 0.270 e. The largest absolute Gasteiger partial charge is 0.340 e. The summed E-state index contributed by atoms with van der Waals surface area (Å²) < 4.78 is 0.602. The van der Waals surface area contributed by atoms with Crippen LogP contribution in [0.15, 0.2) is 22.7 Å². The van der Waals surface area contributed by atoms with Gasteiger partial charge in [0.2, 0.25) is 5.91 Å². The maximum atomic E-state index is 12.1. The zero-order valence-electron chi connectivity index (χ0n) is 10.3. The average molecular weight is 328 g/mol. The number of halogens is 1. The molecule has 0 aromatic heterocycles. The SMILES string of the molecule is O=C(Cc1ccc([N+](=O)[O-])cc1Br)N1CCNCC1. The van der Waals surface area contributed by atoms with Crippen molar-refractivity contribution in [3.05, 3.63) is 38.3 Å². The smallest absolute Gasteiger partial charge is 0.270 e. The van der Waals surface area contributed by atoms with E-state index in [-0.39, 0.29) is 18.0 Å². The molecule has 0 spiro atoms. The quantitative estimate of drug-likeness (QED) is 0.671. The van der Waals surface area contributed by atoms with Crippen molar-refractivity contribution in [1.82, 2.24) is 10.2 Å². The van der Waals surface area contributed by atoms with Crippen molar-refractivity contribution < 1.29 is 9.72 Å². The topological polar surface area (TPSA) is 75.5 Å². The highest BCUT2D eigenvalue weighted by Crippen LogP contribution is 2.23. The molecule has 1 N–H and O–H groups in total. The Morgan fingerprint density at radius 3 is 2.68 bits per heavy atom. The molecule has 2 rings (SSSR count). The van der Waals surface area contributed by atoms with Crippen molar-refractivity contribution in [2.75, 3.05) is 26.2 Å². The first-order chi connectivity index (χ1) is 9.08. The van der Waals surface area contributed by atoms with Crippen molar-refractivity contribution in [2.24, 2.45) is 0 Å². The number of benzene rings is 1. The van der Waals surface area contributed by atoms with Gasteiger partial charge in [-0.05, 0) is 5.56 Å². The number of nitrogens with zero attached hydrogens (tertiary/aromatic N) is 2. The molecular formula is C12H14BrN3O3. The van der Waals surface area contributed by atoms with Crippen LogP contribution < -0.4 is 5.32 Å². The number of carbonyl (C=O) groups excluding carboxylic acids is 1. The lowest BCUT2D eigenvalue weighted by Crippen LogP contribution is -2.46.